The highest BCUT2D eigenvalue weighted by Crippen LogP contribution is 2.38. The zero-order valence-electron chi connectivity index (χ0n) is 50.0. The maximum absolute atomic E-state index is 14.1. The van der Waals surface area contributed by atoms with Gasteiger partial charge in [-0.25, -0.2) is 0 Å². The Kier molecular flexibility index (Phi) is 31.2. The molecule has 0 radical (unpaired) electrons. The first-order chi connectivity index (χ1) is 39.4. The van der Waals surface area contributed by atoms with Crippen LogP contribution >= 0.6 is 0 Å². The predicted molar refractivity (Wildman–Crippen MR) is 318 cm³/mol. The standard InChI is InChI=1S/C63H100N4O16/c1-9-67(10-2)46-28-26-45(27-29-46)40-65-57-59(76)44(6)81-62(60(57)77)82-50-25-22-20-18-16-14-12-11-13-15-17-19-21-24-41(3)58(75)42(4)43(5)80-55(74)36-48(69)34-47(68)30-31-51(71)52(72)35-49(70)38-63(79)39-53(73)56(54(37-50)83-63)61(78)64-32-23-33-66(7)8/h11-22,24-29,41-44,47-54,56-60,62,65,68-73,75-77,79H,9-10,23,30-40H2,1-8H3,(H,64,78)/b12-11+,15-13+,16-14+,19-17+,20-18+,24-21+,25-22+/t41-,42-,43-,44-,47+,48+,49-,50-,51+,52+,53-,54-,56+,57-,58+,59+,60-,62-,63+/m0/s1. The normalized spacial score (nSPS) is 38.2. The number of carbonyl (C=O) groups excluding carboxylic acids is 2. The summed E-state index contributed by atoms with van der Waals surface area (Å²) in [5.41, 5.74) is 1.99. The van der Waals surface area contributed by atoms with Gasteiger partial charge >= 0.3 is 5.97 Å². The second-order valence-electron chi connectivity index (χ2n) is 22.8. The number of amides is 1. The van der Waals surface area contributed by atoms with Crippen molar-refractivity contribution in [1.29, 1.82) is 0 Å². The summed E-state index contributed by atoms with van der Waals surface area (Å²) in [6.45, 7) is 14.0. The number of fused-ring (bicyclic) bond motifs is 2. The van der Waals surface area contributed by atoms with Crippen molar-refractivity contribution in [3.05, 3.63) is 115 Å². The van der Waals surface area contributed by atoms with E-state index in [1.165, 1.54) is 0 Å². The van der Waals surface area contributed by atoms with Gasteiger partial charge in [0, 0.05) is 69.4 Å². The van der Waals surface area contributed by atoms with E-state index < -0.39 is 147 Å². The first-order valence-electron chi connectivity index (χ1n) is 29.7. The number of nitrogens with one attached hydrogen (secondary N) is 2. The topological polar surface area (TPSA) is 304 Å². The van der Waals surface area contributed by atoms with Crippen LogP contribution in [0.15, 0.2) is 109 Å². The van der Waals surface area contributed by atoms with Gasteiger partial charge in [0.1, 0.15) is 12.2 Å². The summed E-state index contributed by atoms with van der Waals surface area (Å²) in [7, 11) is 3.80. The minimum absolute atomic E-state index is 0.0942. The molecule has 0 spiro atoms. The molecule has 1 aromatic carbocycles. The molecule has 20 nitrogen and oxygen atoms in total. The van der Waals surface area contributed by atoms with Gasteiger partial charge in [0.2, 0.25) is 5.91 Å². The van der Waals surface area contributed by atoms with E-state index in [2.05, 4.69) is 29.4 Å². The van der Waals surface area contributed by atoms with Crippen molar-refractivity contribution in [3.63, 3.8) is 0 Å². The molecule has 0 saturated carbocycles. The fourth-order valence-electron chi connectivity index (χ4n) is 10.6. The van der Waals surface area contributed by atoms with Gasteiger partial charge in [0.05, 0.1) is 85.5 Å². The van der Waals surface area contributed by atoms with E-state index >= 15 is 0 Å². The molecule has 83 heavy (non-hydrogen) atoms. The molecule has 3 aliphatic heterocycles. The highest BCUT2D eigenvalue weighted by atomic mass is 16.7. The van der Waals surface area contributed by atoms with E-state index in [1.54, 1.807) is 51.2 Å². The number of esters is 1. The van der Waals surface area contributed by atoms with Gasteiger partial charge in [-0.05, 0) is 91.7 Å². The first-order valence-corrected chi connectivity index (χ1v) is 29.7. The number of aliphatic hydroxyl groups excluding tert-OH is 9. The van der Waals surface area contributed by atoms with Crippen LogP contribution in [-0.4, -0.2) is 206 Å². The van der Waals surface area contributed by atoms with Crippen molar-refractivity contribution in [3.8, 4) is 0 Å². The first kappa shape index (κ1) is 71.0. The maximum atomic E-state index is 14.1. The minimum atomic E-state index is -2.28. The molecule has 20 heteroatoms. The van der Waals surface area contributed by atoms with Crippen LogP contribution in [0.4, 0.5) is 5.69 Å². The van der Waals surface area contributed by atoms with Crippen LogP contribution < -0.4 is 15.5 Å². The molecule has 2 saturated heterocycles. The number of rotatable bonds is 13. The number of hydrogen-bond donors (Lipinski definition) is 12. The second-order valence-corrected chi connectivity index (χ2v) is 22.8. The number of hydrogen-bond acceptors (Lipinski definition) is 19. The molecular weight excluding hydrogens is 1070 g/mol. The Morgan fingerprint density at radius 2 is 1.29 bits per heavy atom. The summed E-state index contributed by atoms with van der Waals surface area (Å²) in [6, 6.07) is 7.10. The Hall–Kier alpha value is -4.46. The van der Waals surface area contributed by atoms with Crippen LogP contribution in [0.3, 0.4) is 0 Å². The van der Waals surface area contributed by atoms with Crippen LogP contribution in [0.25, 0.3) is 0 Å². The van der Waals surface area contributed by atoms with Crippen molar-refractivity contribution in [1.82, 2.24) is 15.5 Å². The third-order valence-electron chi connectivity index (χ3n) is 15.7. The van der Waals surface area contributed by atoms with Crippen LogP contribution in [-0.2, 0) is 35.1 Å². The predicted octanol–water partition coefficient (Wildman–Crippen LogP) is 3.37. The molecule has 468 valence electrons. The lowest BCUT2D eigenvalue weighted by Crippen LogP contribution is -2.63. The Morgan fingerprint density at radius 1 is 0.687 bits per heavy atom. The van der Waals surface area contributed by atoms with Gasteiger partial charge in [-0.15, -0.1) is 0 Å². The lowest BCUT2D eigenvalue weighted by molar-refractivity contribution is -0.308. The third-order valence-corrected chi connectivity index (χ3v) is 15.7. The largest absolute Gasteiger partial charge is 0.462 e. The van der Waals surface area contributed by atoms with Gasteiger partial charge in [-0.3, -0.25) is 9.59 Å². The highest BCUT2D eigenvalue weighted by Gasteiger charge is 2.51. The summed E-state index contributed by atoms with van der Waals surface area (Å²) in [5.74, 6) is -5.56. The molecular formula is C63H100N4O16. The molecule has 3 heterocycles. The lowest BCUT2D eigenvalue weighted by Gasteiger charge is -2.46. The number of aliphatic hydroxyl groups is 10. The van der Waals surface area contributed by atoms with Gasteiger partial charge in [0.15, 0.2) is 12.1 Å². The number of benzene rings is 1. The molecule has 4 rings (SSSR count). The van der Waals surface area contributed by atoms with Crippen molar-refractivity contribution >= 4 is 17.6 Å². The summed E-state index contributed by atoms with van der Waals surface area (Å²) in [5, 5.41) is 119. The Morgan fingerprint density at radius 3 is 1.89 bits per heavy atom. The molecule has 3 aliphatic rings. The zero-order chi connectivity index (χ0) is 61.2. The SMILES string of the molecule is CCN(CC)c1ccc(CN[C@@H]2[C@H](O)[C@H](O[C@H]3/C=C/C=C/C=C/C=C/C=C/C=C/C=C/[C@H](C)[C@@H](O)[C@@H](C)[C@H](C)OC(=O)C[C@H](O)C[C@H](O)CC[C@@H](O)[C@H](O)C[C@H](O)C[C@]4(O)C[C@H](O)[C@@H](C(=O)NCCCN(C)C)[C@H](C3)O4)O[C@@H](C)[C@H]2O)cc1. The van der Waals surface area contributed by atoms with Gasteiger partial charge in [-0.2, -0.15) is 0 Å². The number of anilines is 1. The summed E-state index contributed by atoms with van der Waals surface area (Å²) < 4.78 is 24.6. The molecule has 19 atom stereocenters. The molecule has 0 unspecified atom stereocenters. The number of carbonyl (C=O) groups is 2. The Labute approximate surface area is 492 Å². The summed E-state index contributed by atoms with van der Waals surface area (Å²) >= 11 is 0. The van der Waals surface area contributed by atoms with E-state index in [1.807, 2.05) is 105 Å². The molecule has 1 aromatic rings. The van der Waals surface area contributed by atoms with Gasteiger partial charge in [0.25, 0.3) is 0 Å². The number of nitrogens with zero attached hydrogens (tertiary/aromatic N) is 2. The van der Waals surface area contributed by atoms with Crippen LogP contribution in [0.2, 0.25) is 0 Å². The van der Waals surface area contributed by atoms with Crippen molar-refractivity contribution in [2.24, 2.45) is 17.8 Å². The van der Waals surface area contributed by atoms with E-state index in [-0.39, 0.29) is 38.1 Å². The van der Waals surface area contributed by atoms with Gasteiger partial charge in [-0.1, -0.05) is 111 Å². The Balaban J connectivity index is 1.65. The van der Waals surface area contributed by atoms with Crippen molar-refractivity contribution in [2.45, 2.75) is 203 Å². The van der Waals surface area contributed by atoms with Crippen LogP contribution in [0.1, 0.15) is 105 Å². The zero-order valence-corrected chi connectivity index (χ0v) is 50.0. The fourth-order valence-corrected chi connectivity index (χ4v) is 10.6. The average Bonchev–Trinajstić information content (AvgIpc) is 3.63. The smallest absolute Gasteiger partial charge is 0.308 e. The summed E-state index contributed by atoms with van der Waals surface area (Å²) in [6.07, 6.45) is 5.85. The fraction of sp³-hybridized carbons (Fsp3) is 0.651. The second kappa shape index (κ2) is 36.5. The van der Waals surface area contributed by atoms with Crippen LogP contribution in [0, 0.1) is 17.8 Å². The summed E-state index contributed by atoms with van der Waals surface area (Å²) in [4.78, 5) is 31.1. The monoisotopic (exact) mass is 1170 g/mol. The molecule has 0 aromatic heterocycles. The van der Waals surface area contributed by atoms with E-state index in [0.717, 1.165) is 24.3 Å². The van der Waals surface area contributed by atoms with Crippen LogP contribution in [0.5, 0.6) is 0 Å². The number of allylic oxidation sites excluding steroid dienone is 12. The Bertz CT molecular complexity index is 2260. The molecule has 1 amide bonds. The molecule has 2 fully saturated rings. The average molecular weight is 1170 g/mol. The van der Waals surface area contributed by atoms with Crippen molar-refractivity contribution < 1.29 is 79.6 Å². The molecule has 12 N–H and O–H groups in total. The molecule has 0 aliphatic carbocycles. The maximum Gasteiger partial charge on any atom is 0.308 e. The highest BCUT2D eigenvalue weighted by molar-refractivity contribution is 5.80. The third kappa shape index (κ3) is 24.4. The van der Waals surface area contributed by atoms with E-state index in [0.29, 0.717) is 19.5 Å². The van der Waals surface area contributed by atoms with Crippen molar-refractivity contribution in [2.75, 3.05) is 45.2 Å². The quantitative estimate of drug-likeness (QED) is 0.0996. The number of ether oxygens (including phenoxy) is 4. The van der Waals surface area contributed by atoms with Gasteiger partial charge < -0.3 is 90.4 Å². The molecule has 2 bridgehead atoms. The van der Waals surface area contributed by atoms with E-state index in [4.69, 9.17) is 18.9 Å². The number of cyclic esters (lactones) is 1. The lowest BCUT2D eigenvalue weighted by atomic mass is 9.82. The minimum Gasteiger partial charge on any atom is -0.462 e. The van der Waals surface area contributed by atoms with E-state index in [9.17, 15) is 60.7 Å².